The molecule has 1 unspecified atom stereocenters. The molecule has 0 N–H and O–H groups in total. The first-order chi connectivity index (χ1) is 8.68. The first-order valence-electron chi connectivity index (χ1n) is 6.81. The number of hydrogen-bond acceptors (Lipinski definition) is 1. The molecule has 0 saturated heterocycles. The van der Waals surface area contributed by atoms with Gasteiger partial charge in [-0.05, 0) is 40.8 Å². The van der Waals surface area contributed by atoms with Gasteiger partial charge in [0.25, 0.3) is 5.91 Å². The van der Waals surface area contributed by atoms with Crippen LogP contribution in [-0.4, -0.2) is 28.5 Å². The largest absolute Gasteiger partial charge is 0.342 e. The summed E-state index contributed by atoms with van der Waals surface area (Å²) in [7, 11) is 1.88. The van der Waals surface area contributed by atoms with E-state index >= 15 is 0 Å². The number of carbonyl (C=O) groups excluding carboxylic acids is 1. The zero-order valence-corrected chi connectivity index (χ0v) is 14.4. The lowest BCUT2D eigenvalue weighted by molar-refractivity contribution is 0.0618. The Balaban J connectivity index is 3.00. The fraction of sp³-hybridized carbons (Fsp3) is 0.667. The quantitative estimate of drug-likeness (QED) is 0.814. The van der Waals surface area contributed by atoms with Crippen LogP contribution >= 0.6 is 15.9 Å². The molecule has 0 bridgehead atoms. The molecule has 1 atom stereocenters. The topological polar surface area (TPSA) is 25.2 Å². The van der Waals surface area contributed by atoms with E-state index in [1.165, 1.54) is 0 Å². The summed E-state index contributed by atoms with van der Waals surface area (Å²) < 4.78 is 2.99. The van der Waals surface area contributed by atoms with Crippen molar-refractivity contribution >= 4 is 21.8 Å². The van der Waals surface area contributed by atoms with Gasteiger partial charge in [-0.1, -0.05) is 27.7 Å². The second kappa shape index (κ2) is 6.12. The Bertz CT molecular complexity index is 445. The van der Waals surface area contributed by atoms with Crippen molar-refractivity contribution in [2.75, 3.05) is 7.05 Å². The van der Waals surface area contributed by atoms with Crippen LogP contribution in [0.1, 0.15) is 51.5 Å². The Morgan fingerprint density at radius 1 is 1.47 bits per heavy atom. The van der Waals surface area contributed by atoms with Crippen molar-refractivity contribution in [2.45, 2.75) is 53.6 Å². The van der Waals surface area contributed by atoms with E-state index in [4.69, 9.17) is 0 Å². The number of aryl methyl sites for hydroxylation is 1. The minimum Gasteiger partial charge on any atom is -0.342 e. The fourth-order valence-electron chi connectivity index (χ4n) is 2.02. The highest BCUT2D eigenvalue weighted by atomic mass is 79.9. The SMILES string of the molecule is CCCn1cc(Br)cc1C(=O)N(C)C(C)C(C)(C)C. The summed E-state index contributed by atoms with van der Waals surface area (Å²) in [5, 5.41) is 0. The molecule has 3 nitrogen and oxygen atoms in total. The van der Waals surface area contributed by atoms with E-state index in [2.05, 4.69) is 50.5 Å². The van der Waals surface area contributed by atoms with E-state index < -0.39 is 0 Å². The van der Waals surface area contributed by atoms with E-state index in [9.17, 15) is 4.79 Å². The number of hydrogen-bond donors (Lipinski definition) is 0. The van der Waals surface area contributed by atoms with Gasteiger partial charge in [0.15, 0.2) is 0 Å². The van der Waals surface area contributed by atoms with E-state index in [0.717, 1.165) is 23.1 Å². The van der Waals surface area contributed by atoms with Gasteiger partial charge < -0.3 is 9.47 Å². The molecule has 0 aliphatic heterocycles. The summed E-state index contributed by atoms with van der Waals surface area (Å²) in [6.45, 7) is 11.5. The van der Waals surface area contributed by atoms with Crippen molar-refractivity contribution in [3.63, 3.8) is 0 Å². The number of nitrogens with zero attached hydrogens (tertiary/aromatic N) is 2. The second-order valence-electron chi connectivity index (χ2n) is 6.20. The molecule has 19 heavy (non-hydrogen) atoms. The normalized spacial score (nSPS) is 13.4. The van der Waals surface area contributed by atoms with Crippen LogP contribution in [0.5, 0.6) is 0 Å². The van der Waals surface area contributed by atoms with Gasteiger partial charge in [0, 0.05) is 30.3 Å². The minimum atomic E-state index is 0.0732. The molecule has 0 spiro atoms. The van der Waals surface area contributed by atoms with Crippen LogP contribution in [0, 0.1) is 5.41 Å². The van der Waals surface area contributed by atoms with Crippen LogP contribution < -0.4 is 0 Å². The maximum atomic E-state index is 12.6. The maximum Gasteiger partial charge on any atom is 0.270 e. The third-order valence-corrected chi connectivity index (χ3v) is 4.14. The molecule has 0 radical (unpaired) electrons. The van der Waals surface area contributed by atoms with Gasteiger partial charge in [-0.2, -0.15) is 0 Å². The van der Waals surface area contributed by atoms with Gasteiger partial charge in [-0.15, -0.1) is 0 Å². The zero-order chi connectivity index (χ0) is 14.8. The molecular weight excluding hydrogens is 304 g/mol. The summed E-state index contributed by atoms with van der Waals surface area (Å²) >= 11 is 3.46. The fourth-order valence-corrected chi connectivity index (χ4v) is 2.48. The Hall–Kier alpha value is -0.770. The van der Waals surface area contributed by atoms with Gasteiger partial charge in [0.2, 0.25) is 0 Å². The van der Waals surface area contributed by atoms with E-state index in [-0.39, 0.29) is 17.4 Å². The highest BCUT2D eigenvalue weighted by molar-refractivity contribution is 9.10. The van der Waals surface area contributed by atoms with Gasteiger partial charge in [0.1, 0.15) is 5.69 Å². The van der Waals surface area contributed by atoms with Crippen molar-refractivity contribution in [1.29, 1.82) is 0 Å². The Kier molecular flexibility index (Phi) is 5.25. The number of carbonyl (C=O) groups is 1. The third-order valence-electron chi connectivity index (χ3n) is 3.70. The lowest BCUT2D eigenvalue weighted by Crippen LogP contribution is -2.43. The molecule has 1 aromatic heterocycles. The lowest BCUT2D eigenvalue weighted by Gasteiger charge is -2.35. The standard InChI is InChI=1S/C15H25BrN2O/c1-7-8-18-10-12(16)9-13(18)14(19)17(6)11(2)15(3,4)5/h9-11H,7-8H2,1-6H3. The molecule has 4 heteroatoms. The van der Waals surface area contributed by atoms with E-state index in [0.29, 0.717) is 0 Å². The monoisotopic (exact) mass is 328 g/mol. The predicted molar refractivity (Wildman–Crippen MR) is 83.4 cm³/mol. The Morgan fingerprint density at radius 2 is 2.05 bits per heavy atom. The summed E-state index contributed by atoms with van der Waals surface area (Å²) in [6, 6.07) is 2.09. The van der Waals surface area contributed by atoms with E-state index in [1.54, 1.807) is 0 Å². The van der Waals surface area contributed by atoms with E-state index in [1.807, 2.05) is 28.8 Å². The second-order valence-corrected chi connectivity index (χ2v) is 7.11. The van der Waals surface area contributed by atoms with Crippen molar-refractivity contribution in [3.8, 4) is 0 Å². The number of amides is 1. The molecule has 1 heterocycles. The van der Waals surface area contributed by atoms with Crippen molar-refractivity contribution in [1.82, 2.24) is 9.47 Å². The molecule has 0 saturated carbocycles. The highest BCUT2D eigenvalue weighted by Crippen LogP contribution is 2.25. The maximum absolute atomic E-state index is 12.6. The molecule has 0 aromatic carbocycles. The number of rotatable bonds is 4. The van der Waals surface area contributed by atoms with Gasteiger partial charge in [0.05, 0.1) is 0 Å². The summed E-state index contributed by atoms with van der Waals surface area (Å²) in [5.74, 6) is 0.0848. The van der Waals surface area contributed by atoms with Gasteiger partial charge >= 0.3 is 0 Å². The molecule has 1 amide bonds. The van der Waals surface area contributed by atoms with Crippen LogP contribution in [-0.2, 0) is 6.54 Å². The molecule has 0 fully saturated rings. The first kappa shape index (κ1) is 16.3. The van der Waals surface area contributed by atoms with Crippen LogP contribution in [0.15, 0.2) is 16.7 Å². The van der Waals surface area contributed by atoms with Crippen molar-refractivity contribution in [2.24, 2.45) is 5.41 Å². The zero-order valence-electron chi connectivity index (χ0n) is 12.8. The predicted octanol–water partition coefficient (Wildman–Crippen LogP) is 4.17. The molecule has 0 aliphatic rings. The molecule has 1 rings (SSSR count). The minimum absolute atomic E-state index is 0.0732. The van der Waals surface area contributed by atoms with Crippen LogP contribution in [0.4, 0.5) is 0 Å². The summed E-state index contributed by atoms with van der Waals surface area (Å²) in [6.07, 6.45) is 2.99. The van der Waals surface area contributed by atoms with Crippen molar-refractivity contribution in [3.05, 3.63) is 22.4 Å². The average Bonchev–Trinajstić information content (AvgIpc) is 2.66. The third kappa shape index (κ3) is 3.85. The Morgan fingerprint density at radius 3 is 2.53 bits per heavy atom. The average molecular weight is 329 g/mol. The lowest BCUT2D eigenvalue weighted by atomic mass is 9.87. The summed E-state index contributed by atoms with van der Waals surface area (Å²) in [4.78, 5) is 14.5. The van der Waals surface area contributed by atoms with Gasteiger partial charge in [-0.3, -0.25) is 4.79 Å². The molecule has 108 valence electrons. The van der Waals surface area contributed by atoms with Crippen molar-refractivity contribution < 1.29 is 4.79 Å². The number of aromatic nitrogens is 1. The first-order valence-corrected chi connectivity index (χ1v) is 7.60. The smallest absolute Gasteiger partial charge is 0.270 e. The summed E-state index contributed by atoms with van der Waals surface area (Å²) in [5.41, 5.74) is 0.830. The van der Waals surface area contributed by atoms with Crippen LogP contribution in [0.3, 0.4) is 0 Å². The highest BCUT2D eigenvalue weighted by Gasteiger charge is 2.28. The molecule has 0 aliphatic carbocycles. The molecular formula is C15H25BrN2O. The van der Waals surface area contributed by atoms with Crippen LogP contribution in [0.2, 0.25) is 0 Å². The van der Waals surface area contributed by atoms with Crippen LogP contribution in [0.25, 0.3) is 0 Å². The number of halogens is 1. The van der Waals surface area contributed by atoms with Gasteiger partial charge in [-0.25, -0.2) is 0 Å². The Labute approximate surface area is 125 Å². The molecule has 1 aromatic rings.